The van der Waals surface area contributed by atoms with Gasteiger partial charge in [0.15, 0.2) is 0 Å². The van der Waals surface area contributed by atoms with Crippen molar-refractivity contribution in [3.8, 4) is 0 Å². The highest BCUT2D eigenvalue weighted by molar-refractivity contribution is 6.43. The molecule has 0 radical (unpaired) electrons. The van der Waals surface area contributed by atoms with Crippen LogP contribution < -0.4 is 5.63 Å². The van der Waals surface area contributed by atoms with E-state index in [0.717, 1.165) is 29.7 Å². The maximum atomic E-state index is 12.8. The van der Waals surface area contributed by atoms with E-state index in [0.29, 0.717) is 16.5 Å². The zero-order valence-corrected chi connectivity index (χ0v) is 19.0. The van der Waals surface area contributed by atoms with Crippen molar-refractivity contribution >= 4 is 52.0 Å². The summed E-state index contributed by atoms with van der Waals surface area (Å²) in [5.41, 5.74) is 2.88. The molecule has 0 bridgehead atoms. The number of fused-ring (bicyclic) bond motifs is 3. The SMILES string of the molecule is C[C@@H](C(=O)OCc1cc(=O)oc2cc3c(cc12)CCC3)N1C(=O)c2cc(Cl)c(Cl)cc2C1=O. The Kier molecular flexibility index (Phi) is 5.26. The summed E-state index contributed by atoms with van der Waals surface area (Å²) in [6, 6.07) is 6.54. The number of hydrogen-bond donors (Lipinski definition) is 0. The number of amides is 2. The fraction of sp³-hybridized carbons (Fsp3) is 0.250. The maximum Gasteiger partial charge on any atom is 0.336 e. The first-order chi connectivity index (χ1) is 15.7. The average Bonchev–Trinajstić information content (AvgIpc) is 3.32. The van der Waals surface area contributed by atoms with Crippen LogP contribution in [0.15, 0.2) is 39.5 Å². The van der Waals surface area contributed by atoms with Crippen LogP contribution in [0.3, 0.4) is 0 Å². The van der Waals surface area contributed by atoms with Crippen LogP contribution in [-0.2, 0) is 29.0 Å². The fourth-order valence-corrected chi connectivity index (χ4v) is 4.72. The minimum Gasteiger partial charge on any atom is -0.459 e. The predicted octanol–water partition coefficient (Wildman–Crippen LogP) is 4.32. The molecule has 0 unspecified atom stereocenters. The van der Waals surface area contributed by atoms with E-state index in [-0.39, 0.29) is 27.8 Å². The quantitative estimate of drug-likeness (QED) is 0.310. The molecule has 0 saturated carbocycles. The third kappa shape index (κ3) is 3.61. The Morgan fingerprint density at radius 3 is 2.24 bits per heavy atom. The van der Waals surface area contributed by atoms with Gasteiger partial charge in [-0.05, 0) is 61.6 Å². The molecule has 2 aromatic carbocycles. The minimum atomic E-state index is -1.19. The molecule has 0 fully saturated rings. The largest absolute Gasteiger partial charge is 0.459 e. The van der Waals surface area contributed by atoms with Crippen molar-refractivity contribution in [1.29, 1.82) is 0 Å². The van der Waals surface area contributed by atoms with Crippen LogP contribution in [0.25, 0.3) is 11.0 Å². The number of carbonyl (C=O) groups excluding carboxylic acids is 3. The van der Waals surface area contributed by atoms with Gasteiger partial charge in [-0.3, -0.25) is 14.5 Å². The molecule has 2 heterocycles. The Morgan fingerprint density at radius 2 is 1.61 bits per heavy atom. The van der Waals surface area contributed by atoms with Gasteiger partial charge in [-0.1, -0.05) is 23.2 Å². The highest BCUT2D eigenvalue weighted by Crippen LogP contribution is 2.33. The Labute approximate surface area is 197 Å². The Bertz CT molecular complexity index is 1390. The van der Waals surface area contributed by atoms with Crippen LogP contribution in [0.5, 0.6) is 0 Å². The van der Waals surface area contributed by atoms with Gasteiger partial charge < -0.3 is 9.15 Å². The van der Waals surface area contributed by atoms with Crippen molar-refractivity contribution in [3.05, 3.63) is 78.6 Å². The molecule has 5 rings (SSSR count). The predicted molar refractivity (Wildman–Crippen MR) is 121 cm³/mol. The molecular formula is C24H17Cl2NO6. The normalized spacial score (nSPS) is 15.7. The van der Waals surface area contributed by atoms with Crippen molar-refractivity contribution in [2.75, 3.05) is 0 Å². The van der Waals surface area contributed by atoms with Gasteiger partial charge >= 0.3 is 11.6 Å². The number of carbonyl (C=O) groups is 3. The second-order valence-corrected chi connectivity index (χ2v) is 8.95. The van der Waals surface area contributed by atoms with Crippen molar-refractivity contribution in [2.24, 2.45) is 0 Å². The van der Waals surface area contributed by atoms with Crippen LogP contribution in [0.1, 0.15) is 50.8 Å². The minimum absolute atomic E-state index is 0.0783. The molecule has 0 saturated heterocycles. The lowest BCUT2D eigenvalue weighted by atomic mass is 10.0. The van der Waals surface area contributed by atoms with Crippen molar-refractivity contribution in [2.45, 2.75) is 38.8 Å². The summed E-state index contributed by atoms with van der Waals surface area (Å²) in [5.74, 6) is -2.09. The molecule has 1 aromatic heterocycles. The average molecular weight is 486 g/mol. The summed E-state index contributed by atoms with van der Waals surface area (Å²) in [6.45, 7) is 1.20. The van der Waals surface area contributed by atoms with Crippen LogP contribution in [0.2, 0.25) is 10.0 Å². The van der Waals surface area contributed by atoms with Crippen LogP contribution >= 0.6 is 23.2 Å². The number of nitrogens with zero attached hydrogens (tertiary/aromatic N) is 1. The molecule has 168 valence electrons. The highest BCUT2D eigenvalue weighted by Gasteiger charge is 2.42. The number of rotatable bonds is 4. The van der Waals surface area contributed by atoms with E-state index >= 15 is 0 Å². The van der Waals surface area contributed by atoms with Crippen molar-refractivity contribution in [3.63, 3.8) is 0 Å². The smallest absolute Gasteiger partial charge is 0.336 e. The fourth-order valence-electron chi connectivity index (χ4n) is 4.39. The van der Waals surface area contributed by atoms with Gasteiger partial charge in [-0.15, -0.1) is 0 Å². The van der Waals surface area contributed by atoms with E-state index < -0.39 is 29.5 Å². The van der Waals surface area contributed by atoms with E-state index in [1.54, 1.807) is 0 Å². The van der Waals surface area contributed by atoms with E-state index in [1.807, 2.05) is 12.1 Å². The topological polar surface area (TPSA) is 93.9 Å². The van der Waals surface area contributed by atoms with Crippen LogP contribution in [0, 0.1) is 0 Å². The third-order valence-corrected chi connectivity index (χ3v) is 6.82. The monoisotopic (exact) mass is 485 g/mol. The van der Waals surface area contributed by atoms with Gasteiger partial charge in [0.1, 0.15) is 18.2 Å². The lowest BCUT2D eigenvalue weighted by Crippen LogP contribution is -2.43. The summed E-state index contributed by atoms with van der Waals surface area (Å²) in [7, 11) is 0. The van der Waals surface area contributed by atoms with E-state index in [4.69, 9.17) is 32.4 Å². The second kappa shape index (κ2) is 8.01. The van der Waals surface area contributed by atoms with Gasteiger partial charge in [0, 0.05) is 17.0 Å². The van der Waals surface area contributed by atoms with Gasteiger partial charge in [0.05, 0.1) is 21.2 Å². The molecule has 7 nitrogen and oxygen atoms in total. The van der Waals surface area contributed by atoms with Gasteiger partial charge in [0.25, 0.3) is 11.8 Å². The molecule has 9 heteroatoms. The van der Waals surface area contributed by atoms with E-state index in [2.05, 4.69) is 0 Å². The van der Waals surface area contributed by atoms with E-state index in [9.17, 15) is 19.2 Å². The maximum absolute atomic E-state index is 12.8. The number of ether oxygens (including phenoxy) is 1. The summed E-state index contributed by atoms with van der Waals surface area (Å²) in [6.07, 6.45) is 2.91. The molecule has 0 N–H and O–H groups in total. The lowest BCUT2D eigenvalue weighted by molar-refractivity contribution is -0.149. The highest BCUT2D eigenvalue weighted by atomic mass is 35.5. The third-order valence-electron chi connectivity index (χ3n) is 6.10. The molecular weight excluding hydrogens is 469 g/mol. The van der Waals surface area contributed by atoms with Gasteiger partial charge in [-0.25, -0.2) is 9.59 Å². The van der Waals surface area contributed by atoms with Crippen molar-refractivity contribution < 1.29 is 23.5 Å². The Morgan fingerprint density at radius 1 is 1.00 bits per heavy atom. The Balaban J connectivity index is 1.38. The first kappa shape index (κ1) is 21.7. The summed E-state index contributed by atoms with van der Waals surface area (Å²) < 4.78 is 10.7. The number of hydrogen-bond acceptors (Lipinski definition) is 6. The molecule has 0 spiro atoms. The van der Waals surface area contributed by atoms with Gasteiger partial charge in [-0.2, -0.15) is 0 Å². The number of aryl methyl sites for hydroxylation is 2. The molecule has 2 amide bonds. The standard InChI is InChI=1S/C24H17Cl2NO6/c1-11(27-22(29)16-8-18(25)19(26)9-17(16)23(27)30)24(31)32-10-14-7-21(28)33-20-6-13-4-2-3-12(13)5-15(14)20/h5-9,11H,2-4,10H2,1H3/t11-/m0/s1. The number of imide groups is 1. The lowest BCUT2D eigenvalue weighted by Gasteiger charge is -2.21. The molecule has 33 heavy (non-hydrogen) atoms. The number of halogens is 2. The molecule has 1 aliphatic carbocycles. The second-order valence-electron chi connectivity index (χ2n) is 8.14. The first-order valence-electron chi connectivity index (χ1n) is 10.4. The molecule has 3 aromatic rings. The molecule has 1 atom stereocenters. The summed E-state index contributed by atoms with van der Waals surface area (Å²) in [5, 5.41) is 0.963. The van der Waals surface area contributed by atoms with Crippen molar-refractivity contribution in [1.82, 2.24) is 4.90 Å². The number of benzene rings is 2. The summed E-state index contributed by atoms with van der Waals surface area (Å²) >= 11 is 11.9. The molecule has 2 aliphatic rings. The Hall–Kier alpha value is -3.16. The zero-order valence-electron chi connectivity index (χ0n) is 17.4. The molecule has 1 aliphatic heterocycles. The van der Waals surface area contributed by atoms with E-state index in [1.165, 1.54) is 30.7 Å². The van der Waals surface area contributed by atoms with Gasteiger partial charge in [0.2, 0.25) is 0 Å². The first-order valence-corrected chi connectivity index (χ1v) is 11.1. The summed E-state index contributed by atoms with van der Waals surface area (Å²) in [4.78, 5) is 51.1. The van der Waals surface area contributed by atoms with Crippen LogP contribution in [-0.4, -0.2) is 28.7 Å². The number of esters is 1. The van der Waals surface area contributed by atoms with Crippen LogP contribution in [0.4, 0.5) is 0 Å². The zero-order chi connectivity index (χ0) is 23.4.